The molecule has 6 heteroatoms. The predicted molar refractivity (Wildman–Crippen MR) is 93.4 cm³/mol. The molecule has 1 aromatic rings. The lowest BCUT2D eigenvalue weighted by Gasteiger charge is -2.35. The van der Waals surface area contributed by atoms with E-state index >= 15 is 0 Å². The van der Waals surface area contributed by atoms with Gasteiger partial charge in [0.1, 0.15) is 12.2 Å². The number of piperidine rings is 1. The molecule has 0 saturated carbocycles. The van der Waals surface area contributed by atoms with Gasteiger partial charge in [0.25, 0.3) is 0 Å². The van der Waals surface area contributed by atoms with Gasteiger partial charge in [0.05, 0.1) is 12.6 Å². The fraction of sp³-hybridized carbons (Fsp3) is 0.833. The molecule has 2 saturated heterocycles. The number of hydrogen-bond acceptors (Lipinski definition) is 4. The van der Waals surface area contributed by atoms with Gasteiger partial charge in [-0.2, -0.15) is 0 Å². The van der Waals surface area contributed by atoms with E-state index in [4.69, 9.17) is 0 Å². The maximum atomic E-state index is 12.8. The van der Waals surface area contributed by atoms with E-state index in [-0.39, 0.29) is 11.9 Å². The van der Waals surface area contributed by atoms with Crippen LogP contribution in [0.2, 0.25) is 0 Å². The molecule has 6 nitrogen and oxygen atoms in total. The summed E-state index contributed by atoms with van der Waals surface area (Å²) in [5.41, 5.74) is 0. The lowest BCUT2D eigenvalue weighted by molar-refractivity contribution is -0.135. The van der Waals surface area contributed by atoms with Gasteiger partial charge in [-0.15, -0.1) is 10.2 Å². The Balaban J connectivity index is 1.67. The molecule has 0 radical (unpaired) electrons. The summed E-state index contributed by atoms with van der Waals surface area (Å²) in [5.74, 6) is 1.87. The number of nitrogens with zero attached hydrogens (tertiary/aromatic N) is 5. The summed E-state index contributed by atoms with van der Waals surface area (Å²) in [6, 6.07) is 0.618. The van der Waals surface area contributed by atoms with Crippen LogP contribution in [0, 0.1) is 5.92 Å². The van der Waals surface area contributed by atoms with Gasteiger partial charge in [0, 0.05) is 19.1 Å². The highest BCUT2D eigenvalue weighted by molar-refractivity contribution is 5.78. The normalized spacial score (nSPS) is 25.6. The summed E-state index contributed by atoms with van der Waals surface area (Å²) < 4.78 is 2.17. The van der Waals surface area contributed by atoms with E-state index in [1.54, 1.807) is 0 Å². The molecule has 0 aliphatic carbocycles. The maximum absolute atomic E-state index is 12.8. The van der Waals surface area contributed by atoms with Crippen molar-refractivity contribution in [1.29, 1.82) is 0 Å². The monoisotopic (exact) mass is 333 g/mol. The summed E-state index contributed by atoms with van der Waals surface area (Å²) >= 11 is 0. The fourth-order valence-corrected chi connectivity index (χ4v) is 4.10. The molecular formula is C18H31N5O. The minimum absolute atomic E-state index is 0.232. The first-order chi connectivity index (χ1) is 11.6. The van der Waals surface area contributed by atoms with E-state index in [1.807, 2.05) is 6.33 Å². The third kappa shape index (κ3) is 3.79. The van der Waals surface area contributed by atoms with Gasteiger partial charge in [-0.3, -0.25) is 9.69 Å². The summed E-state index contributed by atoms with van der Waals surface area (Å²) in [7, 11) is 0. The van der Waals surface area contributed by atoms with Gasteiger partial charge in [-0.05, 0) is 51.5 Å². The Morgan fingerprint density at radius 3 is 2.83 bits per heavy atom. The first-order valence-electron chi connectivity index (χ1n) is 9.47. The van der Waals surface area contributed by atoms with Crippen molar-refractivity contribution in [1.82, 2.24) is 24.6 Å². The van der Waals surface area contributed by atoms with Crippen molar-refractivity contribution in [3.05, 3.63) is 12.2 Å². The number of likely N-dealkylation sites (tertiary alicyclic amines) is 2. The summed E-state index contributed by atoms with van der Waals surface area (Å²) in [6.07, 6.45) is 7.55. The molecule has 0 bridgehead atoms. The quantitative estimate of drug-likeness (QED) is 0.831. The third-order valence-electron chi connectivity index (χ3n) is 5.33. The average molecular weight is 333 g/mol. The third-order valence-corrected chi connectivity index (χ3v) is 5.33. The molecular weight excluding hydrogens is 302 g/mol. The largest absolute Gasteiger partial charge is 0.339 e. The van der Waals surface area contributed by atoms with Crippen LogP contribution in [0.15, 0.2) is 6.33 Å². The molecule has 0 unspecified atom stereocenters. The van der Waals surface area contributed by atoms with E-state index in [1.165, 1.54) is 6.42 Å². The van der Waals surface area contributed by atoms with Gasteiger partial charge in [-0.1, -0.05) is 13.8 Å². The highest BCUT2D eigenvalue weighted by Crippen LogP contribution is 2.31. The van der Waals surface area contributed by atoms with Crippen LogP contribution in [0.3, 0.4) is 0 Å². The van der Waals surface area contributed by atoms with Crippen LogP contribution in [0.25, 0.3) is 0 Å². The molecule has 0 N–H and O–H groups in total. The van der Waals surface area contributed by atoms with Crippen LogP contribution < -0.4 is 0 Å². The van der Waals surface area contributed by atoms with Crippen LogP contribution in [0.1, 0.15) is 64.7 Å². The molecule has 3 rings (SSSR count). The summed E-state index contributed by atoms with van der Waals surface area (Å²) in [6.45, 7) is 9.94. The molecule has 1 aromatic heterocycles. The Kier molecular flexibility index (Phi) is 5.54. The van der Waals surface area contributed by atoms with Crippen molar-refractivity contribution in [3.8, 4) is 0 Å². The first kappa shape index (κ1) is 17.4. The molecule has 2 aliphatic rings. The molecule has 24 heavy (non-hydrogen) atoms. The van der Waals surface area contributed by atoms with Crippen molar-refractivity contribution in [2.45, 2.75) is 71.5 Å². The van der Waals surface area contributed by atoms with Crippen LogP contribution in [-0.4, -0.2) is 56.1 Å². The number of carbonyl (C=O) groups is 1. The van der Waals surface area contributed by atoms with Crippen molar-refractivity contribution in [3.63, 3.8) is 0 Å². The second-order valence-electron chi connectivity index (χ2n) is 7.80. The molecule has 2 fully saturated rings. The summed E-state index contributed by atoms with van der Waals surface area (Å²) in [5, 5.41) is 8.51. The lowest BCUT2D eigenvalue weighted by atomic mass is 10.0. The Bertz CT molecular complexity index is 555. The van der Waals surface area contributed by atoms with E-state index < -0.39 is 0 Å². The lowest BCUT2D eigenvalue weighted by Crippen LogP contribution is -2.47. The standard InChI is InChI=1S/C18H31N5O/c1-14(2)11-22-13-19-20-18(22)16-8-6-9-21(16)12-17(24)23-10-5-4-7-15(23)3/h13-16H,4-12H2,1-3H3/t15-,16-/m0/s1. The SMILES string of the molecule is CC(C)Cn1cnnc1[C@@H]1CCCN1CC(=O)N1CCCC[C@@H]1C. The Hall–Kier alpha value is -1.43. The van der Waals surface area contributed by atoms with Crippen molar-refractivity contribution < 1.29 is 4.79 Å². The maximum Gasteiger partial charge on any atom is 0.237 e. The minimum Gasteiger partial charge on any atom is -0.339 e. The number of amides is 1. The zero-order valence-electron chi connectivity index (χ0n) is 15.3. The van der Waals surface area contributed by atoms with Crippen molar-refractivity contribution >= 4 is 5.91 Å². The zero-order valence-corrected chi connectivity index (χ0v) is 15.3. The molecule has 3 heterocycles. The molecule has 0 aromatic carbocycles. The topological polar surface area (TPSA) is 54.3 Å². The number of carbonyl (C=O) groups excluding carboxylic acids is 1. The smallest absolute Gasteiger partial charge is 0.237 e. The van der Waals surface area contributed by atoms with Gasteiger partial charge in [0.15, 0.2) is 0 Å². The summed E-state index contributed by atoms with van der Waals surface area (Å²) in [4.78, 5) is 17.2. The number of hydrogen-bond donors (Lipinski definition) is 0. The highest BCUT2D eigenvalue weighted by atomic mass is 16.2. The first-order valence-corrected chi connectivity index (χ1v) is 9.47. The van der Waals surface area contributed by atoms with Gasteiger partial charge < -0.3 is 9.47 Å². The Labute approximate surface area is 145 Å². The van der Waals surface area contributed by atoms with Gasteiger partial charge >= 0.3 is 0 Å². The van der Waals surface area contributed by atoms with Crippen molar-refractivity contribution in [2.24, 2.45) is 5.92 Å². The van der Waals surface area contributed by atoms with Crippen LogP contribution in [0.4, 0.5) is 0 Å². The molecule has 2 atom stereocenters. The van der Waals surface area contributed by atoms with Gasteiger partial charge in [-0.25, -0.2) is 0 Å². The Morgan fingerprint density at radius 1 is 1.25 bits per heavy atom. The van der Waals surface area contributed by atoms with Crippen molar-refractivity contribution in [2.75, 3.05) is 19.6 Å². The number of rotatable bonds is 5. The highest BCUT2D eigenvalue weighted by Gasteiger charge is 2.33. The van der Waals surface area contributed by atoms with E-state index in [2.05, 4.69) is 45.3 Å². The molecule has 2 aliphatic heterocycles. The molecule has 1 amide bonds. The molecule has 0 spiro atoms. The van der Waals surface area contributed by atoms with Crippen LogP contribution >= 0.6 is 0 Å². The average Bonchev–Trinajstić information content (AvgIpc) is 3.16. The van der Waals surface area contributed by atoms with Crippen LogP contribution in [0.5, 0.6) is 0 Å². The number of aromatic nitrogens is 3. The van der Waals surface area contributed by atoms with E-state index in [9.17, 15) is 4.79 Å². The minimum atomic E-state index is 0.232. The molecule has 134 valence electrons. The predicted octanol–water partition coefficient (Wildman–Crippen LogP) is 2.47. The second-order valence-corrected chi connectivity index (χ2v) is 7.80. The Morgan fingerprint density at radius 2 is 2.08 bits per heavy atom. The van der Waals surface area contributed by atoms with Gasteiger partial charge in [0.2, 0.25) is 5.91 Å². The van der Waals surface area contributed by atoms with E-state index in [0.717, 1.165) is 51.1 Å². The zero-order chi connectivity index (χ0) is 17.1. The second kappa shape index (κ2) is 7.64. The van der Waals surface area contributed by atoms with E-state index in [0.29, 0.717) is 18.5 Å². The van der Waals surface area contributed by atoms with Crippen LogP contribution in [-0.2, 0) is 11.3 Å². The fourth-order valence-electron chi connectivity index (χ4n) is 4.10.